The van der Waals surface area contributed by atoms with Gasteiger partial charge in [0.1, 0.15) is 11.5 Å². The van der Waals surface area contributed by atoms with Gasteiger partial charge in [-0.05, 0) is 48.7 Å². The molecule has 1 heterocycles. The second-order valence-electron chi connectivity index (χ2n) is 8.32. The molecule has 2 N–H and O–H groups in total. The summed E-state index contributed by atoms with van der Waals surface area (Å²) in [4.78, 5) is 27.0. The Morgan fingerprint density at radius 1 is 1.24 bits per heavy atom. The van der Waals surface area contributed by atoms with Crippen LogP contribution in [0.25, 0.3) is 10.8 Å². The van der Waals surface area contributed by atoms with E-state index in [4.69, 9.17) is 10.5 Å². The van der Waals surface area contributed by atoms with Gasteiger partial charge >= 0.3 is 0 Å². The van der Waals surface area contributed by atoms with E-state index in [0.29, 0.717) is 35.5 Å². The van der Waals surface area contributed by atoms with E-state index in [-0.39, 0.29) is 17.0 Å². The minimum absolute atomic E-state index is 0.235. The van der Waals surface area contributed by atoms with Crippen LogP contribution < -0.4 is 15.4 Å². The molecule has 0 radical (unpaired) electrons. The van der Waals surface area contributed by atoms with Crippen LogP contribution in [0.1, 0.15) is 33.6 Å². The lowest BCUT2D eigenvalue weighted by Crippen LogP contribution is -2.32. The molecular formula is C27H30FN3O3. The predicted octanol–water partition coefficient (Wildman–Crippen LogP) is 5.33. The number of nitrogens with two attached hydrogens (primary N) is 1. The van der Waals surface area contributed by atoms with Crippen molar-refractivity contribution in [1.29, 1.82) is 0 Å². The molecule has 0 unspecified atom stereocenters. The molecule has 178 valence electrons. The lowest BCUT2D eigenvalue weighted by atomic mass is 10.0. The summed E-state index contributed by atoms with van der Waals surface area (Å²) in [6.45, 7) is 9.89. The Kier molecular flexibility index (Phi) is 7.56. The first-order valence-corrected chi connectivity index (χ1v) is 11.1. The Hall–Kier alpha value is -3.87. The van der Waals surface area contributed by atoms with Gasteiger partial charge in [0.05, 0.1) is 17.0 Å². The zero-order chi connectivity index (χ0) is 25.0. The van der Waals surface area contributed by atoms with Gasteiger partial charge in [0.2, 0.25) is 0 Å². The van der Waals surface area contributed by atoms with Gasteiger partial charge in [0.25, 0.3) is 5.91 Å². The number of primary amides is 1. The van der Waals surface area contributed by atoms with E-state index in [0.717, 1.165) is 23.6 Å². The standard InChI is InChI=1S/C27H30FN3O3/c1-6-7-12-30(5)25(18(4)28)26-24(17(2)3)31(15-21(16-32)27(29)33)22-13-19-10-8-9-11-20(19)14-23(22)34-26/h8-11,13-16H,2,6-7,12H2,1,3-5H3,(H2,29,33)/b21-15+,25-18-. The summed E-state index contributed by atoms with van der Waals surface area (Å²) in [6, 6.07) is 11.5. The molecule has 0 spiro atoms. The zero-order valence-electron chi connectivity index (χ0n) is 20.0. The molecule has 2 aromatic rings. The number of benzene rings is 2. The van der Waals surface area contributed by atoms with Crippen molar-refractivity contribution in [1.82, 2.24) is 4.90 Å². The maximum absolute atomic E-state index is 15.0. The first kappa shape index (κ1) is 24.8. The third-order valence-electron chi connectivity index (χ3n) is 5.61. The zero-order valence-corrected chi connectivity index (χ0v) is 20.0. The van der Waals surface area contributed by atoms with Crippen LogP contribution in [-0.2, 0) is 9.59 Å². The van der Waals surface area contributed by atoms with Crippen LogP contribution in [0, 0.1) is 0 Å². The van der Waals surface area contributed by atoms with Crippen LogP contribution in [0.2, 0.25) is 0 Å². The molecule has 7 heteroatoms. The molecular weight excluding hydrogens is 433 g/mol. The SMILES string of the molecule is C=C(C)C1=C(/C(=C(\C)F)N(C)CCCC)Oc2cc3ccccc3cc2N1/C=C(\C=O)C(N)=O. The maximum Gasteiger partial charge on any atom is 0.253 e. The number of hydrogen-bond acceptors (Lipinski definition) is 5. The van der Waals surface area contributed by atoms with Gasteiger partial charge in [-0.15, -0.1) is 0 Å². The highest BCUT2D eigenvalue weighted by atomic mass is 19.1. The second-order valence-corrected chi connectivity index (χ2v) is 8.32. The first-order valence-electron chi connectivity index (χ1n) is 11.1. The molecule has 6 nitrogen and oxygen atoms in total. The fourth-order valence-corrected chi connectivity index (χ4v) is 3.95. The number of carbonyl (C=O) groups excluding carboxylic acids is 2. The van der Waals surface area contributed by atoms with Crippen LogP contribution in [0.3, 0.4) is 0 Å². The average Bonchev–Trinajstić information content (AvgIpc) is 2.79. The molecule has 1 aliphatic heterocycles. The number of amides is 1. The molecule has 0 atom stereocenters. The van der Waals surface area contributed by atoms with Crippen LogP contribution in [0.5, 0.6) is 5.75 Å². The molecule has 0 bridgehead atoms. The second kappa shape index (κ2) is 10.4. The number of fused-ring (bicyclic) bond motifs is 2. The van der Waals surface area contributed by atoms with Crippen molar-refractivity contribution in [2.45, 2.75) is 33.6 Å². The third kappa shape index (κ3) is 4.88. The lowest BCUT2D eigenvalue weighted by Gasteiger charge is -2.36. The number of unbranched alkanes of at least 4 members (excludes halogenated alkanes) is 1. The van der Waals surface area contributed by atoms with Crippen molar-refractivity contribution in [2.24, 2.45) is 5.73 Å². The van der Waals surface area contributed by atoms with Crippen molar-refractivity contribution >= 4 is 28.7 Å². The smallest absolute Gasteiger partial charge is 0.253 e. The van der Waals surface area contributed by atoms with Crippen molar-refractivity contribution < 1.29 is 18.7 Å². The van der Waals surface area contributed by atoms with Gasteiger partial charge < -0.3 is 20.3 Å². The van der Waals surface area contributed by atoms with E-state index >= 15 is 4.39 Å². The van der Waals surface area contributed by atoms with Gasteiger partial charge in [-0.25, -0.2) is 4.39 Å². The van der Waals surface area contributed by atoms with Crippen molar-refractivity contribution in [2.75, 3.05) is 18.5 Å². The van der Waals surface area contributed by atoms with Gasteiger partial charge in [0, 0.05) is 19.8 Å². The first-order chi connectivity index (χ1) is 16.2. The predicted molar refractivity (Wildman–Crippen MR) is 134 cm³/mol. The molecule has 0 aromatic heterocycles. The number of aldehydes is 1. The largest absolute Gasteiger partial charge is 0.451 e. The number of halogens is 1. The summed E-state index contributed by atoms with van der Waals surface area (Å²) in [5.41, 5.74) is 7.03. The van der Waals surface area contributed by atoms with Crippen molar-refractivity contribution in [3.05, 3.63) is 83.3 Å². The number of carbonyl (C=O) groups is 2. The monoisotopic (exact) mass is 463 g/mol. The fraction of sp³-hybridized carbons (Fsp3) is 0.259. The van der Waals surface area contributed by atoms with Gasteiger partial charge in [0.15, 0.2) is 17.8 Å². The molecule has 0 saturated heterocycles. The minimum atomic E-state index is -0.871. The Morgan fingerprint density at radius 2 is 1.88 bits per heavy atom. The highest BCUT2D eigenvalue weighted by Crippen LogP contribution is 2.45. The van der Waals surface area contributed by atoms with Crippen LogP contribution >= 0.6 is 0 Å². The maximum atomic E-state index is 15.0. The van der Waals surface area contributed by atoms with Crippen LogP contribution in [0.4, 0.5) is 10.1 Å². The molecule has 0 fully saturated rings. The summed E-state index contributed by atoms with van der Waals surface area (Å²) >= 11 is 0. The highest BCUT2D eigenvalue weighted by Gasteiger charge is 2.32. The van der Waals surface area contributed by atoms with E-state index in [1.165, 1.54) is 13.1 Å². The van der Waals surface area contributed by atoms with Crippen molar-refractivity contribution in [3.8, 4) is 5.75 Å². The van der Waals surface area contributed by atoms with Crippen molar-refractivity contribution in [3.63, 3.8) is 0 Å². The number of ether oxygens (including phenoxy) is 1. The quantitative estimate of drug-likeness (QED) is 0.236. The summed E-state index contributed by atoms with van der Waals surface area (Å²) < 4.78 is 21.4. The number of hydrogen-bond donors (Lipinski definition) is 1. The summed E-state index contributed by atoms with van der Waals surface area (Å²) in [6.07, 6.45) is 3.57. The van der Waals surface area contributed by atoms with E-state index in [1.807, 2.05) is 36.4 Å². The van der Waals surface area contributed by atoms with Gasteiger partial charge in [-0.3, -0.25) is 9.59 Å². The highest BCUT2D eigenvalue weighted by molar-refractivity contribution is 6.10. The number of likely N-dealkylation sites (N-methyl/N-ethyl adjacent to an activating group) is 1. The summed E-state index contributed by atoms with van der Waals surface area (Å²) in [5, 5.41) is 1.85. The average molecular weight is 464 g/mol. The Morgan fingerprint density at radius 3 is 2.41 bits per heavy atom. The fourth-order valence-electron chi connectivity index (χ4n) is 3.95. The summed E-state index contributed by atoms with van der Waals surface area (Å²) in [7, 11) is 1.80. The van der Waals surface area contributed by atoms with Gasteiger partial charge in [-0.2, -0.15) is 0 Å². The molecule has 0 saturated carbocycles. The molecule has 34 heavy (non-hydrogen) atoms. The summed E-state index contributed by atoms with van der Waals surface area (Å²) in [5.74, 6) is -0.595. The van der Waals surface area contributed by atoms with E-state index in [9.17, 15) is 9.59 Å². The Labute approximate surface area is 199 Å². The number of rotatable bonds is 9. The number of allylic oxidation sites excluding steroid dienone is 2. The van der Waals surface area contributed by atoms with E-state index in [2.05, 4.69) is 13.5 Å². The Bertz CT molecular complexity index is 1240. The Balaban J connectivity index is 2.36. The van der Waals surface area contributed by atoms with Gasteiger partial charge in [-0.1, -0.05) is 44.2 Å². The third-order valence-corrected chi connectivity index (χ3v) is 5.61. The van der Waals surface area contributed by atoms with Crippen LogP contribution in [0.15, 0.2) is 83.3 Å². The molecule has 1 amide bonds. The minimum Gasteiger partial charge on any atom is -0.451 e. The lowest BCUT2D eigenvalue weighted by molar-refractivity contribution is -0.116. The molecule has 3 rings (SSSR count). The molecule has 2 aromatic carbocycles. The molecule has 1 aliphatic rings. The number of anilines is 1. The van der Waals surface area contributed by atoms with Crippen LogP contribution in [-0.4, -0.2) is 30.7 Å². The number of nitrogens with zero attached hydrogens (tertiary/aromatic N) is 2. The topological polar surface area (TPSA) is 75.9 Å². The molecule has 0 aliphatic carbocycles. The van der Waals surface area contributed by atoms with E-state index < -0.39 is 11.7 Å². The van der Waals surface area contributed by atoms with E-state index in [1.54, 1.807) is 23.8 Å². The normalized spacial score (nSPS) is 14.4.